The van der Waals surface area contributed by atoms with Crippen molar-refractivity contribution in [3.8, 4) is 5.75 Å². The zero-order valence-electron chi connectivity index (χ0n) is 14.2. The molecule has 0 atom stereocenters. The van der Waals surface area contributed by atoms with Crippen LogP contribution in [0.2, 0.25) is 0 Å². The molecule has 0 spiro atoms. The van der Waals surface area contributed by atoms with E-state index in [2.05, 4.69) is 4.90 Å². The highest BCUT2D eigenvalue weighted by Gasteiger charge is 2.26. The van der Waals surface area contributed by atoms with Gasteiger partial charge in [-0.15, -0.1) is 0 Å². The molecule has 1 saturated heterocycles. The summed E-state index contributed by atoms with van der Waals surface area (Å²) in [5.41, 5.74) is 1.14. The Hall–Kier alpha value is -1.11. The zero-order valence-corrected chi connectivity index (χ0v) is 15.0. The van der Waals surface area contributed by atoms with E-state index in [0.717, 1.165) is 43.8 Å². The summed E-state index contributed by atoms with van der Waals surface area (Å²) in [4.78, 5) is 2.27. The van der Waals surface area contributed by atoms with E-state index in [-0.39, 0.29) is 5.75 Å². The molecule has 1 heterocycles. The van der Waals surface area contributed by atoms with Crippen molar-refractivity contribution in [1.29, 1.82) is 0 Å². The molecule has 1 aromatic rings. The monoisotopic (exact) mass is 340 g/mol. The first kappa shape index (κ1) is 18.2. The molecule has 1 fully saturated rings. The molecule has 0 amide bonds. The molecule has 0 aliphatic carbocycles. The second kappa shape index (κ2) is 8.66. The number of nitrogens with zero attached hydrogens (tertiary/aromatic N) is 2. The van der Waals surface area contributed by atoms with Crippen LogP contribution in [0.3, 0.4) is 0 Å². The highest BCUT2D eigenvalue weighted by atomic mass is 32.2. The average Bonchev–Trinajstić information content (AvgIpc) is 2.55. The first-order chi connectivity index (χ1) is 11.0. The normalized spacial score (nSPS) is 17.3. The van der Waals surface area contributed by atoms with E-state index in [0.29, 0.717) is 19.7 Å². The summed E-state index contributed by atoms with van der Waals surface area (Å²) in [7, 11) is -3.06. The van der Waals surface area contributed by atoms with E-state index in [9.17, 15) is 8.42 Å². The first-order valence-corrected chi connectivity index (χ1v) is 10.0. The van der Waals surface area contributed by atoms with Crippen LogP contribution < -0.4 is 4.74 Å². The van der Waals surface area contributed by atoms with Gasteiger partial charge in [-0.3, -0.25) is 4.90 Å². The highest BCUT2D eigenvalue weighted by molar-refractivity contribution is 7.89. The average molecular weight is 340 g/mol. The van der Waals surface area contributed by atoms with E-state index in [4.69, 9.17) is 4.74 Å². The third kappa shape index (κ3) is 5.48. The summed E-state index contributed by atoms with van der Waals surface area (Å²) in [6.07, 6.45) is 1.66. The second-order valence-electron chi connectivity index (χ2n) is 6.02. The zero-order chi connectivity index (χ0) is 16.7. The van der Waals surface area contributed by atoms with Gasteiger partial charge in [-0.2, -0.15) is 4.31 Å². The fourth-order valence-electron chi connectivity index (χ4n) is 2.69. The molecule has 6 heteroatoms. The minimum atomic E-state index is -3.06. The van der Waals surface area contributed by atoms with Crippen molar-refractivity contribution in [2.24, 2.45) is 0 Å². The highest BCUT2D eigenvalue weighted by Crippen LogP contribution is 2.16. The maximum absolute atomic E-state index is 12.2. The van der Waals surface area contributed by atoms with Gasteiger partial charge in [0.05, 0.1) is 5.75 Å². The lowest BCUT2D eigenvalue weighted by molar-refractivity contribution is 0.158. The standard InChI is InChI=1S/C17H28N2O3S/c1-3-4-15-23(20,21)19-11-9-18(10-12-19)13-14-22-17-8-6-5-7-16(17)2/h5-8H,3-4,9-15H2,1-2H3. The van der Waals surface area contributed by atoms with Gasteiger partial charge in [0.2, 0.25) is 10.0 Å². The van der Waals surface area contributed by atoms with E-state index in [1.54, 1.807) is 4.31 Å². The molecule has 1 aromatic carbocycles. The molecule has 130 valence electrons. The van der Waals surface area contributed by atoms with Crippen molar-refractivity contribution in [3.05, 3.63) is 29.8 Å². The SMILES string of the molecule is CCCCS(=O)(=O)N1CCN(CCOc2ccccc2C)CC1. The van der Waals surface area contributed by atoms with E-state index in [1.807, 2.05) is 38.1 Å². The molecule has 0 saturated carbocycles. The van der Waals surface area contributed by atoms with Gasteiger partial charge in [0.15, 0.2) is 0 Å². The number of para-hydroxylation sites is 1. The molecule has 23 heavy (non-hydrogen) atoms. The number of aryl methyl sites for hydroxylation is 1. The Bertz CT molecular complexity index is 581. The third-order valence-corrected chi connectivity index (χ3v) is 6.20. The predicted octanol–water partition coefficient (Wildman–Crippen LogP) is 2.12. The fourth-order valence-corrected chi connectivity index (χ4v) is 4.32. The molecule has 1 aliphatic rings. The number of sulfonamides is 1. The van der Waals surface area contributed by atoms with Crippen LogP contribution in [0.5, 0.6) is 5.75 Å². The van der Waals surface area contributed by atoms with Crippen molar-refractivity contribution >= 4 is 10.0 Å². The maximum atomic E-state index is 12.2. The van der Waals surface area contributed by atoms with Crippen molar-refractivity contribution in [1.82, 2.24) is 9.21 Å². The lowest BCUT2D eigenvalue weighted by Gasteiger charge is -2.33. The number of unbranched alkanes of at least 4 members (excludes halogenated alkanes) is 1. The Balaban J connectivity index is 1.72. The van der Waals surface area contributed by atoms with Gasteiger partial charge < -0.3 is 4.74 Å². The number of hydrogen-bond donors (Lipinski definition) is 0. The summed E-state index contributed by atoms with van der Waals surface area (Å²) in [5.74, 6) is 1.20. The van der Waals surface area contributed by atoms with Gasteiger partial charge in [-0.1, -0.05) is 31.5 Å². The molecule has 0 aromatic heterocycles. The Kier molecular flexibility index (Phi) is 6.87. The maximum Gasteiger partial charge on any atom is 0.214 e. The van der Waals surface area contributed by atoms with Crippen LogP contribution in [0.4, 0.5) is 0 Å². The summed E-state index contributed by atoms with van der Waals surface area (Å²) in [6.45, 7) is 8.26. The molecule has 0 N–H and O–H groups in total. The number of ether oxygens (including phenoxy) is 1. The Labute approximate surface area is 140 Å². The van der Waals surface area contributed by atoms with Crippen molar-refractivity contribution in [2.45, 2.75) is 26.7 Å². The molecule has 0 radical (unpaired) electrons. The van der Waals surface area contributed by atoms with Gasteiger partial charge in [0.1, 0.15) is 12.4 Å². The summed E-state index contributed by atoms with van der Waals surface area (Å²) < 4.78 is 31.8. The molecule has 1 aliphatic heterocycles. The third-order valence-electron chi connectivity index (χ3n) is 4.24. The summed E-state index contributed by atoms with van der Waals surface area (Å²) in [5, 5.41) is 0. The Morgan fingerprint density at radius 2 is 1.83 bits per heavy atom. The molecular weight excluding hydrogens is 312 g/mol. The van der Waals surface area contributed by atoms with Crippen LogP contribution >= 0.6 is 0 Å². The van der Waals surface area contributed by atoms with Gasteiger partial charge in [-0.25, -0.2) is 8.42 Å². The minimum absolute atomic E-state index is 0.278. The minimum Gasteiger partial charge on any atom is -0.492 e. The lowest BCUT2D eigenvalue weighted by atomic mass is 10.2. The van der Waals surface area contributed by atoms with E-state index >= 15 is 0 Å². The van der Waals surface area contributed by atoms with Gasteiger partial charge in [0.25, 0.3) is 0 Å². The number of benzene rings is 1. The topological polar surface area (TPSA) is 49.9 Å². The molecular formula is C17H28N2O3S. The smallest absolute Gasteiger partial charge is 0.214 e. The fraction of sp³-hybridized carbons (Fsp3) is 0.647. The Morgan fingerprint density at radius 3 is 2.48 bits per heavy atom. The van der Waals surface area contributed by atoms with E-state index in [1.165, 1.54) is 0 Å². The predicted molar refractivity (Wildman–Crippen MR) is 93.4 cm³/mol. The van der Waals surface area contributed by atoms with Gasteiger partial charge in [0, 0.05) is 32.7 Å². The van der Waals surface area contributed by atoms with Crippen LogP contribution in [0.1, 0.15) is 25.3 Å². The van der Waals surface area contributed by atoms with Crippen LogP contribution in [0.25, 0.3) is 0 Å². The molecule has 0 bridgehead atoms. The van der Waals surface area contributed by atoms with Crippen molar-refractivity contribution in [2.75, 3.05) is 45.1 Å². The summed E-state index contributed by atoms with van der Waals surface area (Å²) >= 11 is 0. The van der Waals surface area contributed by atoms with E-state index < -0.39 is 10.0 Å². The molecule has 0 unspecified atom stereocenters. The number of rotatable bonds is 8. The van der Waals surface area contributed by atoms with Crippen LogP contribution in [-0.2, 0) is 10.0 Å². The van der Waals surface area contributed by atoms with Gasteiger partial charge in [-0.05, 0) is 25.0 Å². The summed E-state index contributed by atoms with van der Waals surface area (Å²) in [6, 6.07) is 7.99. The molecule has 5 nitrogen and oxygen atoms in total. The van der Waals surface area contributed by atoms with Crippen LogP contribution in [-0.4, -0.2) is 62.7 Å². The van der Waals surface area contributed by atoms with Gasteiger partial charge >= 0.3 is 0 Å². The number of piperazine rings is 1. The first-order valence-electron chi connectivity index (χ1n) is 8.41. The number of hydrogen-bond acceptors (Lipinski definition) is 4. The Morgan fingerprint density at radius 1 is 1.13 bits per heavy atom. The van der Waals surface area contributed by atoms with Crippen molar-refractivity contribution in [3.63, 3.8) is 0 Å². The van der Waals surface area contributed by atoms with Crippen LogP contribution in [0.15, 0.2) is 24.3 Å². The van der Waals surface area contributed by atoms with Crippen molar-refractivity contribution < 1.29 is 13.2 Å². The van der Waals surface area contributed by atoms with Crippen LogP contribution in [0, 0.1) is 6.92 Å². The largest absolute Gasteiger partial charge is 0.492 e. The lowest BCUT2D eigenvalue weighted by Crippen LogP contribution is -2.50. The quantitative estimate of drug-likeness (QED) is 0.727. The molecule has 2 rings (SSSR count). The second-order valence-corrected chi connectivity index (χ2v) is 8.11.